The first-order valence-electron chi connectivity index (χ1n) is 10.7. The standard InChI is InChI=1S/C21H31N7O4/c1-7-14-15(32-18(30)9-8-16(29)22-4)10-17(31-14)28-21-19(12(2)26-28)20(23-11-24-21)25-13(3)27(5)6/h11,14-15,17H,7-10H2,1-6H3,(H,22,29)/b25-13+. The summed E-state index contributed by atoms with van der Waals surface area (Å²) < 4.78 is 13.5. The van der Waals surface area contributed by atoms with Gasteiger partial charge in [-0.1, -0.05) is 6.92 Å². The highest BCUT2D eigenvalue weighted by atomic mass is 16.6. The zero-order valence-corrected chi connectivity index (χ0v) is 19.5. The Morgan fingerprint density at radius 3 is 2.75 bits per heavy atom. The molecule has 3 heterocycles. The smallest absolute Gasteiger partial charge is 0.306 e. The molecule has 1 amide bonds. The minimum absolute atomic E-state index is 0.0287. The van der Waals surface area contributed by atoms with E-state index in [0.29, 0.717) is 24.3 Å². The van der Waals surface area contributed by atoms with Gasteiger partial charge in [0.25, 0.3) is 0 Å². The third kappa shape index (κ3) is 5.04. The first kappa shape index (κ1) is 23.6. The summed E-state index contributed by atoms with van der Waals surface area (Å²) >= 11 is 0. The number of esters is 1. The predicted octanol–water partition coefficient (Wildman–Crippen LogP) is 1.88. The van der Waals surface area contributed by atoms with E-state index >= 15 is 0 Å². The summed E-state index contributed by atoms with van der Waals surface area (Å²) in [4.78, 5) is 38.9. The Balaban J connectivity index is 1.82. The maximum Gasteiger partial charge on any atom is 0.306 e. The fraction of sp³-hybridized carbons (Fsp3) is 0.619. The molecule has 174 valence electrons. The van der Waals surface area contributed by atoms with Crippen molar-refractivity contribution in [3.8, 4) is 0 Å². The lowest BCUT2D eigenvalue weighted by molar-refractivity contribution is -0.153. The summed E-state index contributed by atoms with van der Waals surface area (Å²) in [6.07, 6.45) is 1.59. The number of amides is 1. The molecule has 3 atom stereocenters. The molecule has 0 radical (unpaired) electrons. The van der Waals surface area contributed by atoms with Crippen LogP contribution in [0, 0.1) is 6.92 Å². The lowest BCUT2D eigenvalue weighted by Crippen LogP contribution is -2.27. The van der Waals surface area contributed by atoms with Crippen LogP contribution in [0.3, 0.4) is 0 Å². The van der Waals surface area contributed by atoms with Crippen LogP contribution >= 0.6 is 0 Å². The number of hydrogen-bond donors (Lipinski definition) is 1. The average molecular weight is 446 g/mol. The van der Waals surface area contributed by atoms with Gasteiger partial charge in [-0.15, -0.1) is 0 Å². The van der Waals surface area contributed by atoms with Crippen LogP contribution in [0.1, 0.15) is 51.5 Å². The van der Waals surface area contributed by atoms with Crippen LogP contribution in [-0.4, -0.2) is 75.7 Å². The molecule has 2 aromatic rings. The first-order valence-corrected chi connectivity index (χ1v) is 10.7. The van der Waals surface area contributed by atoms with Crippen molar-refractivity contribution < 1.29 is 19.1 Å². The van der Waals surface area contributed by atoms with Crippen molar-refractivity contribution in [1.82, 2.24) is 30.0 Å². The minimum Gasteiger partial charge on any atom is -0.459 e. The van der Waals surface area contributed by atoms with Crippen molar-refractivity contribution >= 4 is 34.6 Å². The summed E-state index contributed by atoms with van der Waals surface area (Å²) in [6.45, 7) is 5.77. The summed E-state index contributed by atoms with van der Waals surface area (Å²) in [5, 5.41) is 7.91. The van der Waals surface area contributed by atoms with E-state index in [-0.39, 0.29) is 24.9 Å². The number of nitrogens with one attached hydrogen (secondary N) is 1. The van der Waals surface area contributed by atoms with Crippen LogP contribution in [0.25, 0.3) is 11.0 Å². The molecule has 1 N–H and O–H groups in total. The van der Waals surface area contributed by atoms with Gasteiger partial charge in [-0.25, -0.2) is 19.6 Å². The second-order valence-electron chi connectivity index (χ2n) is 7.95. The van der Waals surface area contributed by atoms with Crippen molar-refractivity contribution in [2.45, 2.75) is 64.9 Å². The SMILES string of the molecule is CCC1OC(n2nc(C)c3c(/N=C(\C)N(C)C)ncnc32)CC1OC(=O)CCC(=O)NC. The third-order valence-corrected chi connectivity index (χ3v) is 5.53. The molecule has 11 heteroatoms. The molecule has 1 fully saturated rings. The number of carbonyl (C=O) groups is 2. The number of ether oxygens (including phenoxy) is 2. The van der Waals surface area contributed by atoms with E-state index in [1.165, 1.54) is 13.4 Å². The quantitative estimate of drug-likeness (QED) is 0.389. The van der Waals surface area contributed by atoms with Crippen LogP contribution in [0.2, 0.25) is 0 Å². The van der Waals surface area contributed by atoms with Crippen molar-refractivity contribution in [2.75, 3.05) is 21.1 Å². The zero-order chi connectivity index (χ0) is 23.4. The molecular weight excluding hydrogens is 414 g/mol. The van der Waals surface area contributed by atoms with Gasteiger partial charge in [-0.05, 0) is 20.3 Å². The fourth-order valence-corrected chi connectivity index (χ4v) is 3.57. The molecule has 0 aliphatic carbocycles. The molecule has 0 spiro atoms. The van der Waals surface area contributed by atoms with E-state index < -0.39 is 18.3 Å². The average Bonchev–Trinajstić information content (AvgIpc) is 3.32. The Labute approximate surface area is 187 Å². The fourth-order valence-electron chi connectivity index (χ4n) is 3.57. The van der Waals surface area contributed by atoms with Gasteiger partial charge in [-0.2, -0.15) is 5.10 Å². The van der Waals surface area contributed by atoms with Gasteiger partial charge in [0.15, 0.2) is 17.7 Å². The minimum atomic E-state index is -0.436. The Kier molecular flexibility index (Phi) is 7.39. The highest BCUT2D eigenvalue weighted by molar-refractivity contribution is 5.92. The molecule has 1 aliphatic heterocycles. The van der Waals surface area contributed by atoms with Gasteiger partial charge in [0, 0.05) is 34.0 Å². The second kappa shape index (κ2) is 10.0. The van der Waals surface area contributed by atoms with Crippen LogP contribution < -0.4 is 5.32 Å². The molecule has 1 aliphatic rings. The molecule has 1 saturated heterocycles. The number of aromatic nitrogens is 4. The summed E-state index contributed by atoms with van der Waals surface area (Å²) in [6, 6.07) is 0. The van der Waals surface area contributed by atoms with Gasteiger partial charge in [-0.3, -0.25) is 9.59 Å². The number of fused-ring (bicyclic) bond motifs is 1. The van der Waals surface area contributed by atoms with E-state index in [1.54, 1.807) is 4.68 Å². The van der Waals surface area contributed by atoms with Gasteiger partial charge < -0.3 is 19.7 Å². The van der Waals surface area contributed by atoms with Gasteiger partial charge in [0.1, 0.15) is 18.3 Å². The van der Waals surface area contributed by atoms with Gasteiger partial charge in [0.05, 0.1) is 23.6 Å². The Morgan fingerprint density at radius 1 is 1.34 bits per heavy atom. The number of rotatable bonds is 7. The van der Waals surface area contributed by atoms with Crippen LogP contribution in [-0.2, 0) is 19.1 Å². The maximum atomic E-state index is 12.2. The third-order valence-electron chi connectivity index (χ3n) is 5.53. The molecule has 0 aromatic carbocycles. The number of carbonyl (C=O) groups excluding carboxylic acids is 2. The Morgan fingerprint density at radius 2 is 2.09 bits per heavy atom. The van der Waals surface area contributed by atoms with Crippen molar-refractivity contribution in [1.29, 1.82) is 0 Å². The predicted molar refractivity (Wildman–Crippen MR) is 119 cm³/mol. The number of aliphatic imine (C=N–C) groups is 1. The molecular formula is C21H31N7O4. The van der Waals surface area contributed by atoms with E-state index in [4.69, 9.17) is 9.47 Å². The van der Waals surface area contributed by atoms with E-state index in [2.05, 4.69) is 25.4 Å². The first-order chi connectivity index (χ1) is 15.2. The largest absolute Gasteiger partial charge is 0.459 e. The monoisotopic (exact) mass is 445 g/mol. The summed E-state index contributed by atoms with van der Waals surface area (Å²) in [5.41, 5.74) is 1.36. The van der Waals surface area contributed by atoms with Crippen LogP contribution in [0.5, 0.6) is 0 Å². The van der Waals surface area contributed by atoms with Crippen molar-refractivity contribution in [2.24, 2.45) is 4.99 Å². The number of hydrogen-bond acceptors (Lipinski definition) is 8. The maximum absolute atomic E-state index is 12.2. The van der Waals surface area contributed by atoms with Crippen LogP contribution in [0.4, 0.5) is 5.82 Å². The number of nitrogens with zero attached hydrogens (tertiary/aromatic N) is 6. The summed E-state index contributed by atoms with van der Waals surface area (Å²) in [5.74, 6) is 0.743. The van der Waals surface area contributed by atoms with Crippen molar-refractivity contribution in [3.05, 3.63) is 12.0 Å². The molecule has 32 heavy (non-hydrogen) atoms. The molecule has 2 aromatic heterocycles. The molecule has 3 rings (SSSR count). The van der Waals surface area contributed by atoms with Gasteiger partial charge in [0.2, 0.25) is 5.91 Å². The normalized spacial score (nSPS) is 21.1. The lowest BCUT2D eigenvalue weighted by Gasteiger charge is -2.17. The van der Waals surface area contributed by atoms with Crippen LogP contribution in [0.15, 0.2) is 11.3 Å². The Bertz CT molecular complexity index is 1020. The second-order valence-corrected chi connectivity index (χ2v) is 7.95. The van der Waals surface area contributed by atoms with E-state index in [0.717, 1.165) is 16.9 Å². The highest BCUT2D eigenvalue weighted by Crippen LogP contribution is 2.36. The molecule has 0 saturated carbocycles. The molecule has 3 unspecified atom stereocenters. The summed E-state index contributed by atoms with van der Waals surface area (Å²) in [7, 11) is 5.37. The topological polar surface area (TPSA) is 124 Å². The Hall–Kier alpha value is -3.08. The zero-order valence-electron chi connectivity index (χ0n) is 19.5. The molecule has 0 bridgehead atoms. The van der Waals surface area contributed by atoms with E-state index in [9.17, 15) is 9.59 Å². The molecule has 11 nitrogen and oxygen atoms in total. The number of amidine groups is 1. The van der Waals surface area contributed by atoms with E-state index in [1.807, 2.05) is 39.8 Å². The van der Waals surface area contributed by atoms with Gasteiger partial charge >= 0.3 is 5.97 Å². The lowest BCUT2D eigenvalue weighted by atomic mass is 10.1. The number of aryl methyl sites for hydroxylation is 1. The van der Waals surface area contributed by atoms with Crippen molar-refractivity contribution in [3.63, 3.8) is 0 Å². The highest BCUT2D eigenvalue weighted by Gasteiger charge is 2.39.